The van der Waals surface area contributed by atoms with Crippen molar-refractivity contribution in [1.82, 2.24) is 10.6 Å². The molecule has 0 radical (unpaired) electrons. The van der Waals surface area contributed by atoms with Crippen molar-refractivity contribution in [2.75, 3.05) is 6.54 Å². The molecule has 0 aliphatic heterocycles. The molecule has 0 saturated heterocycles. The second-order valence-corrected chi connectivity index (χ2v) is 10.5. The molecule has 1 atom stereocenters. The molecule has 34 heavy (non-hydrogen) atoms. The number of hydrogen-bond acceptors (Lipinski definition) is 4. The van der Waals surface area contributed by atoms with Crippen LogP contribution in [0.25, 0.3) is 0 Å². The summed E-state index contributed by atoms with van der Waals surface area (Å²) in [7, 11) is 0. The van der Waals surface area contributed by atoms with Crippen molar-refractivity contribution in [3.8, 4) is 0 Å². The smallest absolute Gasteiger partial charge is 0.306 e. The number of benzene rings is 1. The van der Waals surface area contributed by atoms with Gasteiger partial charge in [0.25, 0.3) is 0 Å². The maximum atomic E-state index is 13.4. The van der Waals surface area contributed by atoms with Crippen molar-refractivity contribution >= 4 is 17.8 Å². The molecule has 0 heterocycles. The van der Waals surface area contributed by atoms with E-state index >= 15 is 0 Å². The highest BCUT2D eigenvalue weighted by atomic mass is 16.5. The SMILES string of the molecule is C=CC(=O)NCCCC[C@H](CC(=O)OCc1ccccc1)C(=O)NC1C2CC3CC(C2)CC1C3. The van der Waals surface area contributed by atoms with Crippen LogP contribution in [0, 0.1) is 29.6 Å². The van der Waals surface area contributed by atoms with Crippen LogP contribution < -0.4 is 10.6 Å². The van der Waals surface area contributed by atoms with E-state index in [1.54, 1.807) is 0 Å². The molecule has 1 aromatic carbocycles. The van der Waals surface area contributed by atoms with Gasteiger partial charge in [-0.1, -0.05) is 43.3 Å². The third kappa shape index (κ3) is 6.49. The molecular formula is C28H38N2O4. The first kappa shape index (κ1) is 24.5. The molecule has 184 valence electrons. The van der Waals surface area contributed by atoms with Crippen LogP contribution in [0.15, 0.2) is 43.0 Å². The summed E-state index contributed by atoms with van der Waals surface area (Å²) in [5, 5.41) is 6.15. The standard InChI is InChI=1S/C28H38N2O4/c1-2-25(31)29-11-7-6-10-22(17-26(32)34-18-19-8-4-3-5-9-19)28(33)30-27-23-13-20-12-21(15-23)16-24(27)14-20/h2-5,8-9,20-24,27H,1,6-7,10-18H2,(H,29,31)(H,30,33)/t20?,21?,22-,23?,24?,27?/m1/s1. The van der Waals surface area contributed by atoms with E-state index in [1.165, 1.54) is 38.2 Å². The zero-order chi connectivity index (χ0) is 23.9. The van der Waals surface area contributed by atoms with Crippen LogP contribution in [-0.2, 0) is 25.7 Å². The molecule has 4 saturated carbocycles. The summed E-state index contributed by atoms with van der Waals surface area (Å²) in [6.07, 6.45) is 9.79. The van der Waals surface area contributed by atoms with E-state index in [1.807, 2.05) is 30.3 Å². The van der Waals surface area contributed by atoms with Crippen LogP contribution in [0.3, 0.4) is 0 Å². The molecule has 5 rings (SSSR count). The number of ether oxygens (including phenoxy) is 1. The Morgan fingerprint density at radius 3 is 2.32 bits per heavy atom. The Kier molecular flexibility index (Phi) is 8.41. The lowest BCUT2D eigenvalue weighted by molar-refractivity contribution is -0.148. The summed E-state index contributed by atoms with van der Waals surface area (Å²) in [5.74, 6) is 1.95. The normalized spacial score (nSPS) is 27.6. The van der Waals surface area contributed by atoms with Gasteiger partial charge in [0.05, 0.1) is 6.42 Å². The molecule has 6 heteroatoms. The van der Waals surface area contributed by atoms with Gasteiger partial charge in [0.1, 0.15) is 6.61 Å². The third-order valence-corrected chi connectivity index (χ3v) is 8.03. The fourth-order valence-electron chi connectivity index (χ4n) is 6.57. The molecule has 4 bridgehead atoms. The minimum absolute atomic E-state index is 0.00994. The number of rotatable bonds is 12. The van der Waals surface area contributed by atoms with Crippen LogP contribution in [0.5, 0.6) is 0 Å². The Labute approximate surface area is 202 Å². The summed E-state index contributed by atoms with van der Waals surface area (Å²) in [6.45, 7) is 4.21. The van der Waals surface area contributed by atoms with Crippen LogP contribution in [0.1, 0.15) is 63.4 Å². The average Bonchev–Trinajstić information content (AvgIpc) is 2.84. The lowest BCUT2D eigenvalue weighted by Gasteiger charge is -2.54. The van der Waals surface area contributed by atoms with E-state index < -0.39 is 5.92 Å². The van der Waals surface area contributed by atoms with Gasteiger partial charge in [-0.2, -0.15) is 0 Å². The van der Waals surface area contributed by atoms with Gasteiger partial charge in [-0.05, 0) is 80.3 Å². The molecule has 1 aromatic rings. The van der Waals surface area contributed by atoms with E-state index in [-0.39, 0.29) is 36.9 Å². The molecule has 6 nitrogen and oxygen atoms in total. The zero-order valence-electron chi connectivity index (χ0n) is 20.0. The van der Waals surface area contributed by atoms with Crippen molar-refractivity contribution in [2.45, 2.75) is 70.4 Å². The molecule has 4 fully saturated rings. The number of unbranched alkanes of at least 4 members (excludes halogenated alkanes) is 1. The Morgan fingerprint density at radius 1 is 1.00 bits per heavy atom. The van der Waals surface area contributed by atoms with Gasteiger partial charge in [0.15, 0.2) is 0 Å². The van der Waals surface area contributed by atoms with Gasteiger partial charge < -0.3 is 15.4 Å². The number of amides is 2. The molecule has 2 N–H and O–H groups in total. The quantitative estimate of drug-likeness (QED) is 0.275. The van der Waals surface area contributed by atoms with Gasteiger partial charge in [-0.25, -0.2) is 0 Å². The maximum absolute atomic E-state index is 13.4. The lowest BCUT2D eigenvalue weighted by Crippen LogP contribution is -2.56. The van der Waals surface area contributed by atoms with E-state index in [0.29, 0.717) is 24.8 Å². The molecule has 0 aromatic heterocycles. The fourth-order valence-corrected chi connectivity index (χ4v) is 6.57. The fraction of sp³-hybridized carbons (Fsp3) is 0.607. The summed E-state index contributed by atoms with van der Waals surface area (Å²) in [6, 6.07) is 9.84. The van der Waals surface area contributed by atoms with Gasteiger partial charge in [0.2, 0.25) is 11.8 Å². The molecule has 0 spiro atoms. The summed E-state index contributed by atoms with van der Waals surface area (Å²) in [5.41, 5.74) is 0.934. The molecular weight excluding hydrogens is 428 g/mol. The van der Waals surface area contributed by atoms with Crippen molar-refractivity contribution in [3.63, 3.8) is 0 Å². The van der Waals surface area contributed by atoms with Crippen molar-refractivity contribution in [1.29, 1.82) is 0 Å². The first-order chi connectivity index (χ1) is 16.5. The minimum atomic E-state index is -0.407. The zero-order valence-corrected chi connectivity index (χ0v) is 20.0. The highest BCUT2D eigenvalue weighted by molar-refractivity contribution is 5.86. The summed E-state index contributed by atoms with van der Waals surface area (Å²) < 4.78 is 5.48. The maximum Gasteiger partial charge on any atom is 0.306 e. The number of nitrogens with one attached hydrogen (secondary N) is 2. The van der Waals surface area contributed by atoms with Gasteiger partial charge in [-0.15, -0.1) is 0 Å². The van der Waals surface area contributed by atoms with Crippen molar-refractivity contribution < 1.29 is 19.1 Å². The first-order valence-corrected chi connectivity index (χ1v) is 12.9. The predicted molar refractivity (Wildman–Crippen MR) is 130 cm³/mol. The number of carbonyl (C=O) groups excluding carboxylic acids is 3. The summed E-state index contributed by atoms with van der Waals surface area (Å²) in [4.78, 5) is 37.3. The molecule has 4 aliphatic rings. The highest BCUT2D eigenvalue weighted by Gasteiger charge is 2.48. The topological polar surface area (TPSA) is 84.5 Å². The van der Waals surface area contributed by atoms with Crippen molar-refractivity contribution in [2.24, 2.45) is 29.6 Å². The Bertz CT molecular complexity index is 840. The van der Waals surface area contributed by atoms with Gasteiger partial charge in [-0.3, -0.25) is 14.4 Å². The third-order valence-electron chi connectivity index (χ3n) is 8.03. The van der Waals surface area contributed by atoms with Crippen LogP contribution in [0.2, 0.25) is 0 Å². The molecule has 2 amide bonds. The van der Waals surface area contributed by atoms with Crippen LogP contribution in [0.4, 0.5) is 0 Å². The predicted octanol–water partition coefficient (Wildman–Crippen LogP) is 4.15. The van der Waals surface area contributed by atoms with E-state index in [2.05, 4.69) is 17.2 Å². The Balaban J connectivity index is 1.31. The number of esters is 1. The number of carbonyl (C=O) groups is 3. The highest BCUT2D eigenvalue weighted by Crippen LogP contribution is 2.53. The van der Waals surface area contributed by atoms with Gasteiger partial charge in [0, 0.05) is 18.5 Å². The second-order valence-electron chi connectivity index (χ2n) is 10.5. The monoisotopic (exact) mass is 466 g/mol. The van der Waals surface area contributed by atoms with Crippen molar-refractivity contribution in [3.05, 3.63) is 48.6 Å². The van der Waals surface area contributed by atoms with Crippen LogP contribution >= 0.6 is 0 Å². The Hall–Kier alpha value is -2.63. The number of hydrogen-bond donors (Lipinski definition) is 2. The average molecular weight is 467 g/mol. The largest absolute Gasteiger partial charge is 0.461 e. The van der Waals surface area contributed by atoms with E-state index in [0.717, 1.165) is 30.2 Å². The molecule has 0 unspecified atom stereocenters. The molecule has 4 aliphatic carbocycles. The second kappa shape index (κ2) is 11.7. The van der Waals surface area contributed by atoms with E-state index in [9.17, 15) is 14.4 Å². The van der Waals surface area contributed by atoms with Gasteiger partial charge >= 0.3 is 5.97 Å². The minimum Gasteiger partial charge on any atom is -0.461 e. The van der Waals surface area contributed by atoms with Crippen LogP contribution in [-0.4, -0.2) is 30.4 Å². The Morgan fingerprint density at radius 2 is 1.68 bits per heavy atom. The first-order valence-electron chi connectivity index (χ1n) is 12.9. The van der Waals surface area contributed by atoms with E-state index in [4.69, 9.17) is 4.74 Å². The lowest BCUT2D eigenvalue weighted by atomic mass is 9.54. The summed E-state index contributed by atoms with van der Waals surface area (Å²) >= 11 is 0.